The van der Waals surface area contributed by atoms with E-state index in [1.807, 2.05) is 6.07 Å². The molecule has 0 saturated heterocycles. The molecule has 0 bridgehead atoms. The molecule has 0 amide bonds. The maximum absolute atomic E-state index is 12.5. The summed E-state index contributed by atoms with van der Waals surface area (Å²) in [7, 11) is 3.26. The van der Waals surface area contributed by atoms with Crippen LogP contribution in [0.4, 0.5) is 4.39 Å². The molecule has 2 rings (SSSR count). The van der Waals surface area contributed by atoms with Crippen LogP contribution in [0.15, 0.2) is 6.07 Å². The van der Waals surface area contributed by atoms with Crippen LogP contribution in [0.25, 0.3) is 0 Å². The van der Waals surface area contributed by atoms with Gasteiger partial charge in [0.15, 0.2) is 0 Å². The van der Waals surface area contributed by atoms with Gasteiger partial charge in [-0.1, -0.05) is 0 Å². The Bertz CT molecular complexity index is 420. The number of ether oxygens (including phenoxy) is 2. The van der Waals surface area contributed by atoms with Crippen molar-refractivity contribution >= 4 is 0 Å². The minimum Gasteiger partial charge on any atom is -0.496 e. The third-order valence-electron chi connectivity index (χ3n) is 3.39. The third-order valence-corrected chi connectivity index (χ3v) is 3.39. The number of methoxy groups -OCH3 is 2. The van der Waals surface area contributed by atoms with Gasteiger partial charge in [0, 0.05) is 29.0 Å². The van der Waals surface area contributed by atoms with E-state index in [4.69, 9.17) is 15.2 Å². The molecule has 1 aromatic carbocycles. The number of rotatable bonds is 5. The number of fused-ring (bicyclic) bond motifs is 1. The molecule has 0 fully saturated rings. The Kier molecular flexibility index (Phi) is 3.52. The van der Waals surface area contributed by atoms with Crippen LogP contribution in [0, 0.1) is 0 Å². The predicted octanol–water partition coefficient (Wildman–Crippen LogP) is 1.81. The molecular weight excluding hydrogens is 221 g/mol. The molecule has 94 valence electrons. The largest absolute Gasteiger partial charge is 0.496 e. The molecule has 0 heterocycles. The second-order valence-electron chi connectivity index (χ2n) is 4.24. The van der Waals surface area contributed by atoms with Crippen molar-refractivity contribution in [3.63, 3.8) is 0 Å². The van der Waals surface area contributed by atoms with Gasteiger partial charge < -0.3 is 15.2 Å². The van der Waals surface area contributed by atoms with E-state index in [9.17, 15) is 4.39 Å². The fraction of sp³-hybridized carbons (Fsp3) is 0.538. The average Bonchev–Trinajstić information content (AvgIpc) is 2.31. The van der Waals surface area contributed by atoms with E-state index in [0.29, 0.717) is 18.9 Å². The van der Waals surface area contributed by atoms with Gasteiger partial charge in [0.05, 0.1) is 20.9 Å². The standard InChI is InChI=1S/C13H18FNO2/c1-16-11-6-8(3-4-14)13(17-2)10-5-9(7-15)12(10)11/h6,9H,3-5,7,15H2,1-2H3. The fourth-order valence-corrected chi connectivity index (χ4v) is 2.55. The highest BCUT2D eigenvalue weighted by atomic mass is 19.1. The molecule has 1 aromatic rings. The van der Waals surface area contributed by atoms with E-state index < -0.39 is 6.67 Å². The monoisotopic (exact) mass is 239 g/mol. The minimum absolute atomic E-state index is 0.341. The zero-order valence-corrected chi connectivity index (χ0v) is 10.3. The summed E-state index contributed by atoms with van der Waals surface area (Å²) in [5.41, 5.74) is 8.84. The number of hydrogen-bond acceptors (Lipinski definition) is 3. The topological polar surface area (TPSA) is 44.5 Å². The highest BCUT2D eigenvalue weighted by molar-refractivity contribution is 5.60. The van der Waals surface area contributed by atoms with Gasteiger partial charge in [-0.05, 0) is 19.0 Å². The average molecular weight is 239 g/mol. The van der Waals surface area contributed by atoms with Crippen molar-refractivity contribution in [2.75, 3.05) is 27.4 Å². The number of halogens is 1. The third kappa shape index (κ3) is 1.86. The summed E-state index contributed by atoms with van der Waals surface area (Å²) in [6, 6.07) is 1.87. The van der Waals surface area contributed by atoms with Crippen LogP contribution in [0.5, 0.6) is 11.5 Å². The Morgan fingerprint density at radius 3 is 2.71 bits per heavy atom. The van der Waals surface area contributed by atoms with Crippen LogP contribution in [-0.2, 0) is 12.8 Å². The van der Waals surface area contributed by atoms with E-state index in [2.05, 4.69) is 0 Å². The first-order valence-electron chi connectivity index (χ1n) is 5.79. The van der Waals surface area contributed by atoms with Crippen LogP contribution < -0.4 is 15.2 Å². The summed E-state index contributed by atoms with van der Waals surface area (Å²) in [5.74, 6) is 1.96. The molecule has 3 nitrogen and oxygen atoms in total. The van der Waals surface area contributed by atoms with E-state index in [0.717, 1.165) is 34.6 Å². The van der Waals surface area contributed by atoms with Gasteiger partial charge in [0.1, 0.15) is 11.5 Å². The van der Waals surface area contributed by atoms with Gasteiger partial charge in [-0.2, -0.15) is 0 Å². The van der Waals surface area contributed by atoms with Crippen molar-refractivity contribution in [1.82, 2.24) is 0 Å². The molecule has 0 aromatic heterocycles. The number of benzene rings is 1. The van der Waals surface area contributed by atoms with Gasteiger partial charge >= 0.3 is 0 Å². The van der Waals surface area contributed by atoms with E-state index in [-0.39, 0.29) is 0 Å². The predicted molar refractivity (Wildman–Crippen MR) is 64.7 cm³/mol. The summed E-state index contributed by atoms with van der Waals surface area (Å²) in [4.78, 5) is 0. The lowest BCUT2D eigenvalue weighted by molar-refractivity contribution is 0.370. The number of alkyl halides is 1. The quantitative estimate of drug-likeness (QED) is 0.852. The smallest absolute Gasteiger partial charge is 0.125 e. The minimum atomic E-state index is -0.390. The first kappa shape index (κ1) is 12.2. The van der Waals surface area contributed by atoms with Crippen LogP contribution in [0.3, 0.4) is 0 Å². The maximum Gasteiger partial charge on any atom is 0.125 e. The molecule has 4 heteroatoms. The fourth-order valence-electron chi connectivity index (χ4n) is 2.55. The molecule has 1 aliphatic rings. The number of hydrogen-bond donors (Lipinski definition) is 1. The van der Waals surface area contributed by atoms with Crippen LogP contribution >= 0.6 is 0 Å². The maximum atomic E-state index is 12.5. The lowest BCUT2D eigenvalue weighted by atomic mass is 9.75. The van der Waals surface area contributed by atoms with Crippen LogP contribution in [0.2, 0.25) is 0 Å². The Hall–Kier alpha value is -1.29. The van der Waals surface area contributed by atoms with Crippen molar-refractivity contribution in [2.24, 2.45) is 5.73 Å². The van der Waals surface area contributed by atoms with Crippen LogP contribution in [0.1, 0.15) is 22.6 Å². The highest BCUT2D eigenvalue weighted by Crippen LogP contribution is 2.47. The van der Waals surface area contributed by atoms with Crippen molar-refractivity contribution < 1.29 is 13.9 Å². The first-order chi connectivity index (χ1) is 8.26. The van der Waals surface area contributed by atoms with Crippen molar-refractivity contribution in [3.8, 4) is 11.5 Å². The summed E-state index contributed by atoms with van der Waals surface area (Å²) in [6.07, 6.45) is 1.26. The van der Waals surface area contributed by atoms with Crippen molar-refractivity contribution in [1.29, 1.82) is 0 Å². The second-order valence-corrected chi connectivity index (χ2v) is 4.24. The van der Waals surface area contributed by atoms with E-state index >= 15 is 0 Å². The van der Waals surface area contributed by atoms with E-state index in [1.165, 1.54) is 0 Å². The molecule has 1 atom stereocenters. The molecular formula is C13H18FNO2. The summed E-state index contributed by atoms with van der Waals surface area (Å²) in [5, 5.41) is 0. The van der Waals surface area contributed by atoms with Crippen LogP contribution in [-0.4, -0.2) is 27.4 Å². The Morgan fingerprint density at radius 2 is 2.18 bits per heavy atom. The molecule has 1 unspecified atom stereocenters. The second kappa shape index (κ2) is 4.92. The number of nitrogens with two attached hydrogens (primary N) is 1. The Labute approximate surface area is 101 Å². The Balaban J connectivity index is 2.49. The lowest BCUT2D eigenvalue weighted by Gasteiger charge is -2.33. The molecule has 0 radical (unpaired) electrons. The van der Waals surface area contributed by atoms with Crippen molar-refractivity contribution in [2.45, 2.75) is 18.8 Å². The Morgan fingerprint density at radius 1 is 1.41 bits per heavy atom. The summed E-state index contributed by atoms with van der Waals surface area (Å²) >= 11 is 0. The summed E-state index contributed by atoms with van der Waals surface area (Å²) in [6.45, 7) is 0.216. The molecule has 1 aliphatic carbocycles. The molecule has 2 N–H and O–H groups in total. The molecule has 17 heavy (non-hydrogen) atoms. The van der Waals surface area contributed by atoms with Gasteiger partial charge in [-0.25, -0.2) is 0 Å². The molecule has 0 spiro atoms. The van der Waals surface area contributed by atoms with Gasteiger partial charge in [0.25, 0.3) is 0 Å². The van der Waals surface area contributed by atoms with E-state index in [1.54, 1.807) is 14.2 Å². The zero-order chi connectivity index (χ0) is 12.4. The lowest BCUT2D eigenvalue weighted by Crippen LogP contribution is -2.27. The normalized spacial score (nSPS) is 17.3. The van der Waals surface area contributed by atoms with Gasteiger partial charge in [0.2, 0.25) is 0 Å². The molecule has 0 saturated carbocycles. The number of aryl methyl sites for hydroxylation is 1. The van der Waals surface area contributed by atoms with Crippen molar-refractivity contribution in [3.05, 3.63) is 22.8 Å². The summed E-state index contributed by atoms with van der Waals surface area (Å²) < 4.78 is 23.3. The first-order valence-corrected chi connectivity index (χ1v) is 5.79. The van der Waals surface area contributed by atoms with Gasteiger partial charge in [-0.15, -0.1) is 0 Å². The zero-order valence-electron chi connectivity index (χ0n) is 10.3. The molecule has 0 aliphatic heterocycles. The SMILES string of the molecule is COc1cc(CCF)c(OC)c2c1C(CN)C2. The highest BCUT2D eigenvalue weighted by Gasteiger charge is 2.33. The van der Waals surface area contributed by atoms with Gasteiger partial charge in [-0.3, -0.25) is 4.39 Å².